The maximum Gasteiger partial charge on any atom is 0.104 e. The monoisotopic (exact) mass is 330 g/mol. The number of hydrogen-bond donors (Lipinski definition) is 1. The number of halogens is 3. The summed E-state index contributed by atoms with van der Waals surface area (Å²) >= 11 is 15.2. The summed E-state index contributed by atoms with van der Waals surface area (Å²) in [5.74, 6) is 0. The van der Waals surface area contributed by atoms with Crippen molar-refractivity contribution in [2.75, 3.05) is 0 Å². The lowest BCUT2D eigenvalue weighted by Crippen LogP contribution is -1.99. The zero-order valence-corrected chi connectivity index (χ0v) is 11.8. The molecule has 17 heavy (non-hydrogen) atoms. The largest absolute Gasteiger partial charge is 0.384 e. The van der Waals surface area contributed by atoms with E-state index in [1.807, 2.05) is 24.3 Å². The van der Waals surface area contributed by atoms with Crippen LogP contribution in [0.5, 0.6) is 0 Å². The highest BCUT2D eigenvalue weighted by Gasteiger charge is 2.11. The summed E-state index contributed by atoms with van der Waals surface area (Å²) in [5, 5.41) is 11.2. The fourth-order valence-corrected chi connectivity index (χ4v) is 2.38. The standard InChI is InChI=1S/C13H9BrCl2O/c14-10-3-1-8(2-4-10)13(17)9-5-11(15)7-12(16)6-9/h1-7,13,17H/t13-/m0/s1. The molecule has 0 aromatic heterocycles. The van der Waals surface area contributed by atoms with Crippen molar-refractivity contribution in [2.45, 2.75) is 6.10 Å². The Kier molecular flexibility index (Phi) is 4.10. The molecule has 2 rings (SSSR count). The first-order chi connectivity index (χ1) is 8.06. The Balaban J connectivity index is 2.36. The average Bonchev–Trinajstić information content (AvgIpc) is 2.28. The van der Waals surface area contributed by atoms with Gasteiger partial charge >= 0.3 is 0 Å². The first-order valence-corrected chi connectivity index (χ1v) is 6.50. The predicted octanol–water partition coefficient (Wildman–Crippen LogP) is 4.84. The Morgan fingerprint density at radius 3 is 1.94 bits per heavy atom. The van der Waals surface area contributed by atoms with Crippen LogP contribution in [0.25, 0.3) is 0 Å². The van der Waals surface area contributed by atoms with Crippen LogP contribution in [0, 0.1) is 0 Å². The fraction of sp³-hybridized carbons (Fsp3) is 0.0769. The minimum atomic E-state index is -0.723. The number of benzene rings is 2. The molecule has 0 aliphatic rings. The zero-order chi connectivity index (χ0) is 12.4. The molecule has 0 amide bonds. The van der Waals surface area contributed by atoms with Crippen molar-refractivity contribution in [1.82, 2.24) is 0 Å². The van der Waals surface area contributed by atoms with Crippen LogP contribution < -0.4 is 0 Å². The van der Waals surface area contributed by atoms with Gasteiger partial charge in [-0.2, -0.15) is 0 Å². The first-order valence-electron chi connectivity index (χ1n) is 4.96. The molecule has 1 N–H and O–H groups in total. The summed E-state index contributed by atoms with van der Waals surface area (Å²) in [5.41, 5.74) is 1.48. The van der Waals surface area contributed by atoms with E-state index in [0.717, 1.165) is 10.0 Å². The molecule has 0 saturated carbocycles. The number of rotatable bonds is 2. The highest BCUT2D eigenvalue weighted by atomic mass is 79.9. The molecule has 0 fully saturated rings. The van der Waals surface area contributed by atoms with Crippen LogP contribution in [-0.4, -0.2) is 5.11 Å². The summed E-state index contributed by atoms with van der Waals surface area (Å²) in [7, 11) is 0. The van der Waals surface area contributed by atoms with E-state index in [1.54, 1.807) is 18.2 Å². The van der Waals surface area contributed by atoms with Crippen molar-refractivity contribution in [2.24, 2.45) is 0 Å². The Bertz CT molecular complexity index is 505. The van der Waals surface area contributed by atoms with Crippen LogP contribution in [0.1, 0.15) is 17.2 Å². The smallest absolute Gasteiger partial charge is 0.104 e. The molecule has 2 aromatic carbocycles. The van der Waals surface area contributed by atoms with Crippen molar-refractivity contribution in [3.05, 3.63) is 68.1 Å². The molecule has 0 heterocycles. The van der Waals surface area contributed by atoms with Gasteiger partial charge in [-0.1, -0.05) is 51.3 Å². The molecule has 0 unspecified atom stereocenters. The summed E-state index contributed by atoms with van der Waals surface area (Å²) in [6, 6.07) is 12.5. The van der Waals surface area contributed by atoms with Crippen LogP contribution in [-0.2, 0) is 0 Å². The van der Waals surface area contributed by atoms with E-state index in [1.165, 1.54) is 0 Å². The Morgan fingerprint density at radius 2 is 1.41 bits per heavy atom. The molecule has 0 spiro atoms. The van der Waals surface area contributed by atoms with Gasteiger partial charge in [0.1, 0.15) is 6.10 Å². The van der Waals surface area contributed by atoms with Gasteiger partial charge in [-0.15, -0.1) is 0 Å². The van der Waals surface area contributed by atoms with Crippen LogP contribution >= 0.6 is 39.1 Å². The van der Waals surface area contributed by atoms with Crippen molar-refractivity contribution in [1.29, 1.82) is 0 Å². The summed E-state index contributed by atoms with van der Waals surface area (Å²) < 4.78 is 0.970. The van der Waals surface area contributed by atoms with E-state index >= 15 is 0 Å². The second-order valence-corrected chi connectivity index (χ2v) is 5.45. The fourth-order valence-electron chi connectivity index (χ4n) is 1.57. The molecule has 0 bridgehead atoms. The molecule has 4 heteroatoms. The molecule has 0 saturated heterocycles. The van der Waals surface area contributed by atoms with Gasteiger partial charge in [0.2, 0.25) is 0 Å². The van der Waals surface area contributed by atoms with E-state index in [-0.39, 0.29) is 0 Å². The average molecular weight is 332 g/mol. The molecule has 0 aliphatic carbocycles. The topological polar surface area (TPSA) is 20.2 Å². The minimum absolute atomic E-state index is 0.517. The summed E-state index contributed by atoms with van der Waals surface area (Å²) in [4.78, 5) is 0. The third-order valence-electron chi connectivity index (χ3n) is 2.39. The number of aliphatic hydroxyl groups excluding tert-OH is 1. The van der Waals surface area contributed by atoms with Crippen LogP contribution in [0.15, 0.2) is 46.9 Å². The molecule has 88 valence electrons. The summed E-state index contributed by atoms with van der Waals surface area (Å²) in [6.07, 6.45) is -0.723. The maximum atomic E-state index is 10.2. The van der Waals surface area contributed by atoms with Crippen LogP contribution in [0.3, 0.4) is 0 Å². The van der Waals surface area contributed by atoms with E-state index in [0.29, 0.717) is 15.6 Å². The molecule has 2 aromatic rings. The van der Waals surface area contributed by atoms with Crippen molar-refractivity contribution in [3.8, 4) is 0 Å². The zero-order valence-electron chi connectivity index (χ0n) is 8.70. The highest BCUT2D eigenvalue weighted by molar-refractivity contribution is 9.10. The lowest BCUT2D eigenvalue weighted by molar-refractivity contribution is 0.220. The van der Waals surface area contributed by atoms with Gasteiger partial charge < -0.3 is 5.11 Å². The van der Waals surface area contributed by atoms with Gasteiger partial charge in [0, 0.05) is 14.5 Å². The maximum absolute atomic E-state index is 10.2. The van der Waals surface area contributed by atoms with Gasteiger partial charge in [-0.25, -0.2) is 0 Å². The number of hydrogen-bond acceptors (Lipinski definition) is 1. The Hall–Kier alpha value is -0.540. The third kappa shape index (κ3) is 3.23. The van der Waals surface area contributed by atoms with Crippen molar-refractivity contribution < 1.29 is 5.11 Å². The third-order valence-corrected chi connectivity index (χ3v) is 3.35. The SMILES string of the molecule is O[C@@H](c1ccc(Br)cc1)c1cc(Cl)cc(Cl)c1. The Morgan fingerprint density at radius 1 is 0.882 bits per heavy atom. The van der Waals surface area contributed by atoms with Crippen LogP contribution in [0.2, 0.25) is 10.0 Å². The second-order valence-electron chi connectivity index (χ2n) is 3.66. The van der Waals surface area contributed by atoms with Gasteiger partial charge in [-0.3, -0.25) is 0 Å². The molecule has 1 nitrogen and oxygen atoms in total. The summed E-state index contributed by atoms with van der Waals surface area (Å²) in [6.45, 7) is 0. The molecule has 1 atom stereocenters. The number of aliphatic hydroxyl groups is 1. The van der Waals surface area contributed by atoms with E-state index in [2.05, 4.69) is 15.9 Å². The van der Waals surface area contributed by atoms with Crippen molar-refractivity contribution >= 4 is 39.1 Å². The van der Waals surface area contributed by atoms with Gasteiger partial charge in [-0.05, 0) is 41.5 Å². The minimum Gasteiger partial charge on any atom is -0.384 e. The predicted molar refractivity (Wildman–Crippen MR) is 74.7 cm³/mol. The van der Waals surface area contributed by atoms with Gasteiger partial charge in [0.15, 0.2) is 0 Å². The lowest BCUT2D eigenvalue weighted by atomic mass is 10.0. The van der Waals surface area contributed by atoms with Crippen LogP contribution in [0.4, 0.5) is 0 Å². The normalized spacial score (nSPS) is 12.5. The van der Waals surface area contributed by atoms with Gasteiger partial charge in [0.25, 0.3) is 0 Å². The van der Waals surface area contributed by atoms with E-state index in [4.69, 9.17) is 23.2 Å². The van der Waals surface area contributed by atoms with Crippen molar-refractivity contribution in [3.63, 3.8) is 0 Å². The lowest BCUT2D eigenvalue weighted by Gasteiger charge is -2.12. The second kappa shape index (κ2) is 5.40. The van der Waals surface area contributed by atoms with Gasteiger partial charge in [0.05, 0.1) is 0 Å². The van der Waals surface area contributed by atoms with E-state index < -0.39 is 6.10 Å². The molecular formula is C13H9BrCl2O. The molecule has 0 aliphatic heterocycles. The molecular weight excluding hydrogens is 323 g/mol. The quantitative estimate of drug-likeness (QED) is 0.835. The first kappa shape index (κ1) is 12.9. The Labute approximate surface area is 118 Å². The molecule has 0 radical (unpaired) electrons. The van der Waals surface area contributed by atoms with E-state index in [9.17, 15) is 5.11 Å². The highest BCUT2D eigenvalue weighted by Crippen LogP contribution is 2.28.